The number of rotatable bonds is 5. The van der Waals surface area contributed by atoms with Crippen LogP contribution in [0.4, 0.5) is 0 Å². The van der Waals surface area contributed by atoms with Crippen LogP contribution in [0.1, 0.15) is 31.7 Å². The highest BCUT2D eigenvalue weighted by atomic mass is 35.5. The summed E-state index contributed by atoms with van der Waals surface area (Å²) in [7, 11) is 0. The van der Waals surface area contributed by atoms with Crippen LogP contribution in [0.2, 0.25) is 5.02 Å². The summed E-state index contributed by atoms with van der Waals surface area (Å²) < 4.78 is 0. The van der Waals surface area contributed by atoms with Gasteiger partial charge in [-0.1, -0.05) is 37.1 Å². The Hall–Kier alpha value is -1.35. The van der Waals surface area contributed by atoms with Gasteiger partial charge in [-0.15, -0.1) is 0 Å². The van der Waals surface area contributed by atoms with Crippen molar-refractivity contribution in [2.45, 2.75) is 26.2 Å². The Bertz CT molecular complexity index is 360. The molecule has 86 valence electrons. The molecule has 1 rings (SSSR count). The quantitative estimate of drug-likeness (QED) is 0.622. The Balaban J connectivity index is 2.37. The van der Waals surface area contributed by atoms with Crippen LogP contribution in [0.3, 0.4) is 0 Å². The first-order valence-corrected chi connectivity index (χ1v) is 5.67. The summed E-state index contributed by atoms with van der Waals surface area (Å²) in [6.07, 6.45) is 4.02. The van der Waals surface area contributed by atoms with E-state index in [2.05, 4.69) is 10.5 Å². The first kappa shape index (κ1) is 12.7. The predicted octanol–water partition coefficient (Wildman–Crippen LogP) is 2.98. The van der Waals surface area contributed by atoms with Gasteiger partial charge in [-0.3, -0.25) is 4.79 Å². The molecule has 3 nitrogen and oxygen atoms in total. The Kier molecular flexibility index (Phi) is 5.57. The van der Waals surface area contributed by atoms with E-state index in [0.29, 0.717) is 11.4 Å². The number of unbranched alkanes of at least 4 members (excludes halogenated alkanes) is 1. The van der Waals surface area contributed by atoms with Gasteiger partial charge in [0, 0.05) is 11.4 Å². The lowest BCUT2D eigenvalue weighted by atomic mass is 10.2. The fraction of sp³-hybridized carbons (Fsp3) is 0.333. The van der Waals surface area contributed by atoms with Gasteiger partial charge in [0.2, 0.25) is 5.91 Å². The number of nitrogens with one attached hydrogen (secondary N) is 1. The molecule has 4 heteroatoms. The second-order valence-corrected chi connectivity index (χ2v) is 3.88. The topological polar surface area (TPSA) is 41.5 Å². The smallest absolute Gasteiger partial charge is 0.240 e. The van der Waals surface area contributed by atoms with Crippen LogP contribution in [0, 0.1) is 0 Å². The molecule has 0 bridgehead atoms. The average molecular weight is 239 g/mol. The molecule has 1 aromatic rings. The number of benzene rings is 1. The van der Waals surface area contributed by atoms with Crippen LogP contribution in [0.15, 0.2) is 29.4 Å². The van der Waals surface area contributed by atoms with Gasteiger partial charge >= 0.3 is 0 Å². The van der Waals surface area contributed by atoms with Crippen LogP contribution in [-0.4, -0.2) is 12.1 Å². The summed E-state index contributed by atoms with van der Waals surface area (Å²) in [6.45, 7) is 2.05. The van der Waals surface area contributed by atoms with E-state index in [-0.39, 0.29) is 5.91 Å². The number of hydrogen-bond acceptors (Lipinski definition) is 2. The van der Waals surface area contributed by atoms with Gasteiger partial charge in [0.05, 0.1) is 6.21 Å². The zero-order chi connectivity index (χ0) is 11.8. The summed E-state index contributed by atoms with van der Waals surface area (Å²) in [4.78, 5) is 11.2. The fourth-order valence-corrected chi connectivity index (χ4v) is 1.25. The molecular weight excluding hydrogens is 224 g/mol. The minimum Gasteiger partial charge on any atom is -0.273 e. The van der Waals surface area contributed by atoms with E-state index in [1.807, 2.05) is 19.1 Å². The summed E-state index contributed by atoms with van der Waals surface area (Å²) in [6, 6.07) is 7.23. The van der Waals surface area contributed by atoms with Gasteiger partial charge in [-0.2, -0.15) is 5.10 Å². The van der Waals surface area contributed by atoms with Crippen molar-refractivity contribution in [1.29, 1.82) is 0 Å². The Labute approximate surface area is 101 Å². The van der Waals surface area contributed by atoms with Crippen LogP contribution in [-0.2, 0) is 4.79 Å². The van der Waals surface area contributed by atoms with Crippen molar-refractivity contribution in [3.8, 4) is 0 Å². The van der Waals surface area contributed by atoms with Gasteiger partial charge in [0.15, 0.2) is 0 Å². The SMILES string of the molecule is CCCCC(=O)NN=Cc1ccc(Cl)cc1. The van der Waals surface area contributed by atoms with E-state index in [1.54, 1.807) is 18.3 Å². The van der Waals surface area contributed by atoms with Crippen molar-refractivity contribution >= 4 is 23.7 Å². The molecule has 1 aromatic carbocycles. The number of nitrogens with zero attached hydrogens (tertiary/aromatic N) is 1. The van der Waals surface area contributed by atoms with Crippen LogP contribution in [0.25, 0.3) is 0 Å². The van der Waals surface area contributed by atoms with Gasteiger partial charge < -0.3 is 0 Å². The lowest BCUT2D eigenvalue weighted by molar-refractivity contribution is -0.121. The molecule has 0 fully saturated rings. The highest BCUT2D eigenvalue weighted by Gasteiger charge is 1.96. The van der Waals surface area contributed by atoms with Crippen molar-refractivity contribution in [2.24, 2.45) is 5.10 Å². The average Bonchev–Trinajstić information content (AvgIpc) is 2.29. The molecule has 0 atom stereocenters. The van der Waals surface area contributed by atoms with Crippen LogP contribution in [0.5, 0.6) is 0 Å². The molecule has 1 N–H and O–H groups in total. The summed E-state index contributed by atoms with van der Waals surface area (Å²) in [5.74, 6) is -0.0490. The molecule has 0 aliphatic heterocycles. The third-order valence-corrected chi connectivity index (χ3v) is 2.28. The molecule has 0 aromatic heterocycles. The van der Waals surface area contributed by atoms with E-state index in [9.17, 15) is 4.79 Å². The standard InChI is InChI=1S/C12H15ClN2O/c1-2-3-4-12(16)15-14-9-10-5-7-11(13)8-6-10/h5-9H,2-4H2,1H3,(H,15,16). The largest absolute Gasteiger partial charge is 0.273 e. The van der Waals surface area contributed by atoms with Crippen molar-refractivity contribution in [1.82, 2.24) is 5.43 Å². The van der Waals surface area contributed by atoms with Crippen LogP contribution < -0.4 is 5.43 Å². The molecule has 0 spiro atoms. The third kappa shape index (κ3) is 4.94. The molecule has 0 saturated heterocycles. The Morgan fingerprint density at radius 2 is 2.12 bits per heavy atom. The number of carbonyl (C=O) groups is 1. The minimum absolute atomic E-state index is 0.0490. The first-order valence-electron chi connectivity index (χ1n) is 5.30. The summed E-state index contributed by atoms with van der Waals surface area (Å²) in [5, 5.41) is 4.54. The number of hydrazone groups is 1. The number of amides is 1. The van der Waals surface area contributed by atoms with E-state index in [1.165, 1.54) is 0 Å². The lowest BCUT2D eigenvalue weighted by Gasteiger charge is -1.97. The first-order chi connectivity index (χ1) is 7.72. The molecule has 0 heterocycles. The van der Waals surface area contributed by atoms with E-state index in [0.717, 1.165) is 18.4 Å². The van der Waals surface area contributed by atoms with Crippen molar-refractivity contribution < 1.29 is 4.79 Å². The molecule has 0 unspecified atom stereocenters. The predicted molar refractivity (Wildman–Crippen MR) is 66.7 cm³/mol. The second-order valence-electron chi connectivity index (χ2n) is 3.45. The minimum atomic E-state index is -0.0490. The Morgan fingerprint density at radius 1 is 1.44 bits per heavy atom. The maximum absolute atomic E-state index is 11.2. The molecular formula is C12H15ClN2O. The number of hydrogen-bond donors (Lipinski definition) is 1. The van der Waals surface area contributed by atoms with Crippen molar-refractivity contribution in [3.63, 3.8) is 0 Å². The molecule has 1 amide bonds. The van der Waals surface area contributed by atoms with E-state index >= 15 is 0 Å². The monoisotopic (exact) mass is 238 g/mol. The molecule has 16 heavy (non-hydrogen) atoms. The maximum Gasteiger partial charge on any atom is 0.240 e. The third-order valence-electron chi connectivity index (χ3n) is 2.03. The Morgan fingerprint density at radius 3 is 2.75 bits per heavy atom. The highest BCUT2D eigenvalue weighted by Crippen LogP contribution is 2.07. The summed E-state index contributed by atoms with van der Waals surface area (Å²) in [5.41, 5.74) is 3.38. The lowest BCUT2D eigenvalue weighted by Crippen LogP contribution is -2.16. The fourth-order valence-electron chi connectivity index (χ4n) is 1.12. The molecule has 0 saturated carbocycles. The molecule has 0 aliphatic carbocycles. The molecule has 0 radical (unpaired) electrons. The number of carbonyl (C=O) groups excluding carboxylic acids is 1. The maximum atomic E-state index is 11.2. The zero-order valence-corrected chi connectivity index (χ0v) is 10.00. The number of halogens is 1. The van der Waals surface area contributed by atoms with Gasteiger partial charge in [-0.25, -0.2) is 5.43 Å². The normalized spacial score (nSPS) is 10.6. The highest BCUT2D eigenvalue weighted by molar-refractivity contribution is 6.30. The summed E-state index contributed by atoms with van der Waals surface area (Å²) >= 11 is 5.74. The van der Waals surface area contributed by atoms with Crippen molar-refractivity contribution in [2.75, 3.05) is 0 Å². The van der Waals surface area contributed by atoms with Gasteiger partial charge in [-0.05, 0) is 24.1 Å². The van der Waals surface area contributed by atoms with Gasteiger partial charge in [0.25, 0.3) is 0 Å². The second kappa shape index (κ2) is 7.01. The zero-order valence-electron chi connectivity index (χ0n) is 9.24. The van der Waals surface area contributed by atoms with Crippen LogP contribution >= 0.6 is 11.6 Å². The van der Waals surface area contributed by atoms with Gasteiger partial charge in [0.1, 0.15) is 0 Å². The van der Waals surface area contributed by atoms with E-state index < -0.39 is 0 Å². The molecule has 0 aliphatic rings. The van der Waals surface area contributed by atoms with E-state index in [4.69, 9.17) is 11.6 Å². The van der Waals surface area contributed by atoms with Crippen molar-refractivity contribution in [3.05, 3.63) is 34.9 Å².